The molecule has 0 saturated heterocycles. The van der Waals surface area contributed by atoms with Gasteiger partial charge in [-0.05, 0) is 42.9 Å². The lowest BCUT2D eigenvalue weighted by molar-refractivity contribution is -0.126. The maximum atomic E-state index is 12.3. The van der Waals surface area contributed by atoms with Crippen molar-refractivity contribution in [2.24, 2.45) is 23.2 Å². The molecule has 124 valence electrons. The Bertz CT molecular complexity index is 312. The van der Waals surface area contributed by atoms with Crippen molar-refractivity contribution in [3.63, 3.8) is 0 Å². The first-order valence-corrected chi connectivity index (χ1v) is 9.14. The zero-order valence-electron chi connectivity index (χ0n) is 14.5. The first-order valence-electron chi connectivity index (χ1n) is 8.71. The van der Waals surface area contributed by atoms with E-state index in [0.29, 0.717) is 17.9 Å². The van der Waals surface area contributed by atoms with Crippen LogP contribution < -0.4 is 5.32 Å². The molecule has 0 aromatic carbocycles. The molecule has 1 aliphatic rings. The van der Waals surface area contributed by atoms with Crippen molar-refractivity contribution in [3.8, 4) is 0 Å². The molecule has 1 saturated carbocycles. The highest BCUT2D eigenvalue weighted by molar-refractivity contribution is 6.21. The minimum atomic E-state index is 0.0647. The molecule has 1 amide bonds. The highest BCUT2D eigenvalue weighted by atomic mass is 35.5. The average molecular weight is 316 g/mol. The van der Waals surface area contributed by atoms with Crippen molar-refractivity contribution in [3.05, 3.63) is 0 Å². The normalized spacial score (nSPS) is 24.9. The molecular weight excluding hydrogens is 282 g/mol. The Morgan fingerprint density at radius 1 is 1.14 bits per heavy atom. The minimum absolute atomic E-state index is 0.0647. The van der Waals surface area contributed by atoms with Crippen LogP contribution in [0.5, 0.6) is 0 Å². The average Bonchev–Trinajstić information content (AvgIpc) is 2.45. The molecule has 1 atom stereocenters. The maximum absolute atomic E-state index is 12.3. The summed E-state index contributed by atoms with van der Waals surface area (Å²) in [6.45, 7) is 11.9. The number of hydrogen-bond acceptors (Lipinski definition) is 1. The van der Waals surface area contributed by atoms with Crippen molar-refractivity contribution in [2.75, 3.05) is 6.54 Å². The number of rotatable bonds is 6. The number of carbonyl (C=O) groups is 1. The van der Waals surface area contributed by atoms with Gasteiger partial charge in [-0.2, -0.15) is 0 Å². The molecule has 2 nitrogen and oxygen atoms in total. The number of halogens is 1. The van der Waals surface area contributed by atoms with Crippen LogP contribution in [0.2, 0.25) is 0 Å². The lowest BCUT2D eigenvalue weighted by Crippen LogP contribution is -2.39. The molecule has 0 spiro atoms. The Balaban J connectivity index is 2.34. The van der Waals surface area contributed by atoms with Gasteiger partial charge < -0.3 is 5.32 Å². The highest BCUT2D eigenvalue weighted by Gasteiger charge is 2.32. The predicted octanol–water partition coefficient (Wildman–Crippen LogP) is 5.00. The molecule has 0 aromatic heterocycles. The number of nitrogens with one attached hydrogen (secondary N) is 1. The number of alkyl halides is 1. The van der Waals surface area contributed by atoms with Crippen molar-refractivity contribution in [1.29, 1.82) is 0 Å². The van der Waals surface area contributed by atoms with Gasteiger partial charge in [-0.1, -0.05) is 47.5 Å². The van der Waals surface area contributed by atoms with Gasteiger partial charge in [0.1, 0.15) is 0 Å². The van der Waals surface area contributed by atoms with E-state index < -0.39 is 0 Å². The minimum Gasteiger partial charge on any atom is -0.354 e. The lowest BCUT2D eigenvalue weighted by Gasteiger charge is -2.36. The van der Waals surface area contributed by atoms with Crippen molar-refractivity contribution < 1.29 is 4.79 Å². The summed E-state index contributed by atoms with van der Waals surface area (Å²) in [5.41, 5.74) is 0.373. The van der Waals surface area contributed by atoms with Gasteiger partial charge in [0.05, 0.1) is 5.38 Å². The fraction of sp³-hybridized carbons (Fsp3) is 0.944. The lowest BCUT2D eigenvalue weighted by atomic mass is 9.69. The van der Waals surface area contributed by atoms with Gasteiger partial charge in [0, 0.05) is 12.5 Å². The monoisotopic (exact) mass is 315 g/mol. The molecule has 0 radical (unpaired) electrons. The second-order valence-electron chi connectivity index (χ2n) is 7.75. The Kier molecular flexibility index (Phi) is 7.53. The van der Waals surface area contributed by atoms with Crippen LogP contribution in [0, 0.1) is 23.2 Å². The zero-order chi connectivity index (χ0) is 16.0. The fourth-order valence-electron chi connectivity index (χ4n) is 3.53. The third-order valence-electron chi connectivity index (χ3n) is 5.35. The van der Waals surface area contributed by atoms with E-state index in [-0.39, 0.29) is 17.2 Å². The summed E-state index contributed by atoms with van der Waals surface area (Å²) in [5, 5.41) is 3.15. The van der Waals surface area contributed by atoms with Gasteiger partial charge in [0.2, 0.25) is 5.91 Å². The first-order chi connectivity index (χ1) is 9.79. The van der Waals surface area contributed by atoms with E-state index in [1.807, 2.05) is 0 Å². The number of amides is 1. The number of carbonyl (C=O) groups excluding carboxylic acids is 1. The third kappa shape index (κ3) is 5.81. The van der Waals surface area contributed by atoms with Gasteiger partial charge in [-0.15, -0.1) is 11.6 Å². The van der Waals surface area contributed by atoms with E-state index in [1.54, 1.807) is 0 Å². The van der Waals surface area contributed by atoms with Gasteiger partial charge in [-0.3, -0.25) is 4.79 Å². The van der Waals surface area contributed by atoms with E-state index in [9.17, 15) is 4.79 Å². The quantitative estimate of drug-likeness (QED) is 0.687. The molecule has 0 aliphatic heterocycles. The molecule has 0 aromatic rings. The van der Waals surface area contributed by atoms with Crippen LogP contribution in [0.3, 0.4) is 0 Å². The van der Waals surface area contributed by atoms with E-state index in [1.165, 1.54) is 12.8 Å². The first kappa shape index (κ1) is 18.8. The topological polar surface area (TPSA) is 29.1 Å². The van der Waals surface area contributed by atoms with Crippen LogP contribution in [0.1, 0.15) is 73.1 Å². The van der Waals surface area contributed by atoms with Crippen LogP contribution in [0.25, 0.3) is 0 Å². The van der Waals surface area contributed by atoms with Crippen LogP contribution in [0.4, 0.5) is 0 Å². The maximum Gasteiger partial charge on any atom is 0.223 e. The molecule has 0 bridgehead atoms. The van der Waals surface area contributed by atoms with Gasteiger partial charge in [-0.25, -0.2) is 0 Å². The van der Waals surface area contributed by atoms with Crippen LogP contribution >= 0.6 is 11.6 Å². The largest absolute Gasteiger partial charge is 0.354 e. The molecule has 1 fully saturated rings. The number of hydrogen-bond donors (Lipinski definition) is 1. The van der Waals surface area contributed by atoms with E-state index in [4.69, 9.17) is 11.6 Å². The van der Waals surface area contributed by atoms with Gasteiger partial charge >= 0.3 is 0 Å². The highest BCUT2D eigenvalue weighted by Crippen LogP contribution is 2.39. The Morgan fingerprint density at radius 3 is 2.10 bits per heavy atom. The molecule has 0 heterocycles. The standard InChI is InChI=1S/C18H34ClNO/c1-6-13(7-2)16(19)12-20-17(21)14-8-10-15(11-9-14)18(3,4)5/h13-16H,6-12H2,1-5H3,(H,20,21). The summed E-state index contributed by atoms with van der Waals surface area (Å²) in [4.78, 5) is 12.3. The summed E-state index contributed by atoms with van der Waals surface area (Å²) >= 11 is 6.40. The molecular formula is C18H34ClNO. The molecule has 3 heteroatoms. The van der Waals surface area contributed by atoms with Gasteiger partial charge in [0.15, 0.2) is 0 Å². The Hall–Kier alpha value is -0.240. The SMILES string of the molecule is CCC(CC)C(Cl)CNC(=O)C1CCC(C(C)(C)C)CC1. The van der Waals surface area contributed by atoms with Crippen LogP contribution in [-0.2, 0) is 4.79 Å². The van der Waals surface area contributed by atoms with Crippen molar-refractivity contribution in [2.45, 2.75) is 78.5 Å². The van der Waals surface area contributed by atoms with Crippen molar-refractivity contribution in [1.82, 2.24) is 5.32 Å². The molecule has 1 N–H and O–H groups in total. The van der Waals surface area contributed by atoms with E-state index >= 15 is 0 Å². The van der Waals surface area contributed by atoms with Crippen LogP contribution in [-0.4, -0.2) is 17.8 Å². The van der Waals surface area contributed by atoms with E-state index in [0.717, 1.165) is 31.6 Å². The van der Waals surface area contributed by atoms with Gasteiger partial charge in [0.25, 0.3) is 0 Å². The van der Waals surface area contributed by atoms with E-state index in [2.05, 4.69) is 39.9 Å². The molecule has 1 aliphatic carbocycles. The third-order valence-corrected chi connectivity index (χ3v) is 5.86. The summed E-state index contributed by atoms with van der Waals surface area (Å²) in [7, 11) is 0. The Morgan fingerprint density at radius 2 is 1.67 bits per heavy atom. The second kappa shape index (κ2) is 8.41. The smallest absolute Gasteiger partial charge is 0.223 e. The molecule has 1 rings (SSSR count). The zero-order valence-corrected chi connectivity index (χ0v) is 15.3. The Labute approximate surface area is 136 Å². The van der Waals surface area contributed by atoms with Crippen molar-refractivity contribution >= 4 is 17.5 Å². The van der Waals surface area contributed by atoms with Crippen LogP contribution in [0.15, 0.2) is 0 Å². The summed E-state index contributed by atoms with van der Waals surface area (Å²) < 4.78 is 0. The summed E-state index contributed by atoms with van der Waals surface area (Å²) in [6.07, 6.45) is 6.59. The second-order valence-corrected chi connectivity index (χ2v) is 8.31. The predicted molar refractivity (Wildman–Crippen MR) is 91.6 cm³/mol. The fourth-order valence-corrected chi connectivity index (χ4v) is 3.96. The summed E-state index contributed by atoms with van der Waals surface area (Å²) in [5.74, 6) is 1.68. The summed E-state index contributed by atoms with van der Waals surface area (Å²) in [6, 6.07) is 0. The molecule has 21 heavy (non-hydrogen) atoms. The molecule has 1 unspecified atom stereocenters.